The average molecular weight is 364 g/mol. The van der Waals surface area contributed by atoms with Crippen LogP contribution in [0.25, 0.3) is 0 Å². The fraction of sp³-hybridized carbons (Fsp3) is 0.364. The summed E-state index contributed by atoms with van der Waals surface area (Å²) in [4.78, 5) is 29.8. The summed E-state index contributed by atoms with van der Waals surface area (Å²) in [7, 11) is 0. The molecule has 0 saturated carbocycles. The molecule has 2 aliphatic heterocycles. The molecule has 140 valence electrons. The first kappa shape index (κ1) is 17.9. The Morgan fingerprint density at radius 2 is 1.63 bits per heavy atom. The number of benzene rings is 2. The quantitative estimate of drug-likeness (QED) is 0.829. The smallest absolute Gasteiger partial charge is 0.265 e. The minimum Gasteiger partial charge on any atom is -0.375 e. The number of fused-ring (bicyclic) bond motifs is 1. The van der Waals surface area contributed by atoms with E-state index in [1.165, 1.54) is 6.42 Å². The summed E-state index contributed by atoms with van der Waals surface area (Å²) >= 11 is 0. The highest BCUT2D eigenvalue weighted by molar-refractivity contribution is 6.10. The predicted octanol–water partition coefficient (Wildman–Crippen LogP) is 2.94. The van der Waals surface area contributed by atoms with Crippen LogP contribution in [0, 0.1) is 0 Å². The number of carbonyl (C=O) groups excluding carboxylic acids is 2. The van der Waals surface area contributed by atoms with Gasteiger partial charge < -0.3 is 5.11 Å². The summed E-state index contributed by atoms with van der Waals surface area (Å²) in [5, 5.41) is 11.3. The van der Waals surface area contributed by atoms with E-state index in [0.29, 0.717) is 23.5 Å². The van der Waals surface area contributed by atoms with E-state index >= 15 is 0 Å². The fourth-order valence-corrected chi connectivity index (χ4v) is 4.08. The number of hydrogen-bond acceptors (Lipinski definition) is 4. The number of anilines is 1. The van der Waals surface area contributed by atoms with Crippen molar-refractivity contribution in [3.8, 4) is 0 Å². The summed E-state index contributed by atoms with van der Waals surface area (Å²) < 4.78 is 0. The molecule has 1 atom stereocenters. The second-order valence-corrected chi connectivity index (χ2v) is 7.40. The van der Waals surface area contributed by atoms with Crippen LogP contribution < -0.4 is 4.90 Å². The molecule has 2 aliphatic rings. The van der Waals surface area contributed by atoms with Gasteiger partial charge in [-0.3, -0.25) is 19.4 Å². The van der Waals surface area contributed by atoms with Crippen molar-refractivity contribution in [2.24, 2.45) is 0 Å². The Labute approximate surface area is 159 Å². The maximum atomic E-state index is 13.2. The molecule has 4 rings (SSSR count). The zero-order chi connectivity index (χ0) is 18.9. The molecule has 0 aliphatic carbocycles. The first-order valence-electron chi connectivity index (χ1n) is 9.54. The minimum atomic E-state index is -1.81. The Morgan fingerprint density at radius 1 is 0.963 bits per heavy atom. The van der Waals surface area contributed by atoms with E-state index < -0.39 is 11.5 Å². The number of ketones is 1. The Balaban J connectivity index is 1.62. The van der Waals surface area contributed by atoms with E-state index in [2.05, 4.69) is 4.90 Å². The molecule has 0 aromatic heterocycles. The molecule has 0 unspecified atom stereocenters. The lowest BCUT2D eigenvalue weighted by atomic mass is 9.88. The van der Waals surface area contributed by atoms with Gasteiger partial charge in [0.2, 0.25) is 0 Å². The van der Waals surface area contributed by atoms with Crippen LogP contribution >= 0.6 is 0 Å². The monoisotopic (exact) mass is 364 g/mol. The predicted molar refractivity (Wildman–Crippen MR) is 104 cm³/mol. The molecule has 1 N–H and O–H groups in total. The van der Waals surface area contributed by atoms with E-state index in [4.69, 9.17) is 0 Å². The van der Waals surface area contributed by atoms with Gasteiger partial charge in [0.05, 0.1) is 18.8 Å². The van der Waals surface area contributed by atoms with Crippen LogP contribution in [-0.4, -0.2) is 41.5 Å². The Kier molecular flexibility index (Phi) is 4.81. The topological polar surface area (TPSA) is 60.9 Å². The van der Waals surface area contributed by atoms with Crippen molar-refractivity contribution < 1.29 is 14.7 Å². The van der Waals surface area contributed by atoms with Gasteiger partial charge in [-0.1, -0.05) is 55.0 Å². The molecule has 0 spiro atoms. The summed E-state index contributed by atoms with van der Waals surface area (Å²) in [6.45, 7) is 2.36. The van der Waals surface area contributed by atoms with Gasteiger partial charge >= 0.3 is 0 Å². The van der Waals surface area contributed by atoms with Gasteiger partial charge in [0, 0.05) is 11.1 Å². The van der Waals surface area contributed by atoms with Crippen LogP contribution in [0.5, 0.6) is 0 Å². The van der Waals surface area contributed by atoms with Gasteiger partial charge in [-0.05, 0) is 32.0 Å². The Morgan fingerprint density at radius 3 is 2.37 bits per heavy atom. The zero-order valence-electron chi connectivity index (χ0n) is 15.3. The number of likely N-dealkylation sites (tertiary alicyclic amines) is 1. The van der Waals surface area contributed by atoms with E-state index in [1.807, 2.05) is 18.2 Å². The molecule has 5 heteroatoms. The third kappa shape index (κ3) is 3.29. The molecular weight excluding hydrogens is 340 g/mol. The molecule has 2 aromatic carbocycles. The van der Waals surface area contributed by atoms with E-state index in [-0.39, 0.29) is 12.2 Å². The lowest BCUT2D eigenvalue weighted by molar-refractivity contribution is -0.136. The van der Waals surface area contributed by atoms with Crippen molar-refractivity contribution in [3.63, 3.8) is 0 Å². The number of rotatable bonds is 5. The summed E-state index contributed by atoms with van der Waals surface area (Å²) in [5.74, 6) is -0.639. The summed E-state index contributed by atoms with van der Waals surface area (Å²) in [5.41, 5.74) is -0.0716. The number of Topliss-reactive ketones (excluding diaryl/α,β-unsaturated/α-hetero) is 1. The second kappa shape index (κ2) is 7.25. The van der Waals surface area contributed by atoms with Crippen molar-refractivity contribution in [2.75, 3.05) is 24.7 Å². The maximum Gasteiger partial charge on any atom is 0.265 e. The van der Waals surface area contributed by atoms with Crippen LogP contribution in [0.3, 0.4) is 0 Å². The highest BCUT2D eigenvalue weighted by Crippen LogP contribution is 2.43. The maximum absolute atomic E-state index is 13.2. The molecule has 2 heterocycles. The van der Waals surface area contributed by atoms with Crippen LogP contribution in [0.15, 0.2) is 54.6 Å². The third-order valence-corrected chi connectivity index (χ3v) is 5.54. The van der Waals surface area contributed by atoms with Crippen molar-refractivity contribution in [1.82, 2.24) is 4.90 Å². The third-order valence-electron chi connectivity index (χ3n) is 5.54. The highest BCUT2D eigenvalue weighted by Gasteiger charge is 2.51. The van der Waals surface area contributed by atoms with Crippen molar-refractivity contribution >= 4 is 17.4 Å². The van der Waals surface area contributed by atoms with Gasteiger partial charge in [-0.15, -0.1) is 0 Å². The molecule has 5 nitrogen and oxygen atoms in total. The van der Waals surface area contributed by atoms with Gasteiger partial charge in [0.1, 0.15) is 0 Å². The molecule has 1 amide bonds. The number of hydrogen-bond donors (Lipinski definition) is 1. The lowest BCUT2D eigenvalue weighted by Gasteiger charge is -2.31. The van der Waals surface area contributed by atoms with E-state index in [0.717, 1.165) is 25.9 Å². The minimum absolute atomic E-state index is 0.235. The largest absolute Gasteiger partial charge is 0.375 e. The number of carbonyl (C=O) groups is 2. The number of para-hydroxylation sites is 1. The van der Waals surface area contributed by atoms with E-state index in [1.54, 1.807) is 41.3 Å². The zero-order valence-corrected chi connectivity index (χ0v) is 15.3. The van der Waals surface area contributed by atoms with Gasteiger partial charge in [-0.2, -0.15) is 0 Å². The fourth-order valence-electron chi connectivity index (χ4n) is 4.08. The summed E-state index contributed by atoms with van der Waals surface area (Å²) in [6, 6.07) is 16.1. The number of amides is 1. The first-order valence-corrected chi connectivity index (χ1v) is 9.54. The van der Waals surface area contributed by atoms with Crippen molar-refractivity contribution in [1.29, 1.82) is 0 Å². The second-order valence-electron chi connectivity index (χ2n) is 7.40. The van der Waals surface area contributed by atoms with Crippen LogP contribution in [-0.2, 0) is 10.4 Å². The SMILES string of the molecule is O=C(C[C@]1(O)C(=O)N(CN2CCCCC2)c2ccccc21)c1ccccc1. The molecule has 1 saturated heterocycles. The van der Waals surface area contributed by atoms with Crippen molar-refractivity contribution in [2.45, 2.75) is 31.3 Å². The van der Waals surface area contributed by atoms with Crippen LogP contribution in [0.1, 0.15) is 41.6 Å². The number of aliphatic hydroxyl groups is 1. The Hall–Kier alpha value is -2.50. The molecule has 0 radical (unpaired) electrons. The molecule has 2 aromatic rings. The normalized spacial score (nSPS) is 22.7. The van der Waals surface area contributed by atoms with E-state index in [9.17, 15) is 14.7 Å². The first-order chi connectivity index (χ1) is 13.1. The Bertz CT molecular complexity index is 846. The molecule has 1 fully saturated rings. The number of nitrogens with zero attached hydrogens (tertiary/aromatic N) is 2. The van der Waals surface area contributed by atoms with Gasteiger partial charge in [0.15, 0.2) is 11.4 Å². The van der Waals surface area contributed by atoms with Crippen LogP contribution in [0.4, 0.5) is 5.69 Å². The van der Waals surface area contributed by atoms with Crippen molar-refractivity contribution in [3.05, 3.63) is 65.7 Å². The highest BCUT2D eigenvalue weighted by atomic mass is 16.3. The standard InChI is InChI=1S/C22H24N2O3/c25-20(17-9-3-1-4-10-17)15-22(27)18-11-5-6-12-19(18)24(21(22)26)16-23-13-7-2-8-14-23/h1,3-6,9-12,27H,2,7-8,13-16H2/t22-/m1/s1. The average Bonchev–Trinajstić information content (AvgIpc) is 2.92. The molecule has 27 heavy (non-hydrogen) atoms. The van der Waals surface area contributed by atoms with Gasteiger partial charge in [0.25, 0.3) is 5.91 Å². The number of piperidine rings is 1. The molecular formula is C22H24N2O3. The van der Waals surface area contributed by atoms with Gasteiger partial charge in [-0.25, -0.2) is 0 Å². The lowest BCUT2D eigenvalue weighted by Crippen LogP contribution is -2.47. The van der Waals surface area contributed by atoms with Crippen LogP contribution in [0.2, 0.25) is 0 Å². The summed E-state index contributed by atoms with van der Waals surface area (Å²) in [6.07, 6.45) is 3.22. The molecule has 0 bridgehead atoms.